The number of phosphoric ester groups is 1. The summed E-state index contributed by atoms with van der Waals surface area (Å²) in [6.45, 7) is 2.71. The molecule has 0 atom stereocenters. The van der Waals surface area contributed by atoms with Crippen LogP contribution in [-0.2, 0) is 20.5 Å². The van der Waals surface area contributed by atoms with Gasteiger partial charge in [-0.3, -0.25) is 14.3 Å². The molecule has 1 aromatic carbocycles. The maximum Gasteiger partial charge on any atom is 0.469 e. The van der Waals surface area contributed by atoms with Gasteiger partial charge in [0.2, 0.25) is 0 Å². The predicted molar refractivity (Wildman–Crippen MR) is 101 cm³/mol. The van der Waals surface area contributed by atoms with Crippen molar-refractivity contribution in [3.63, 3.8) is 0 Å². The van der Waals surface area contributed by atoms with Crippen molar-refractivity contribution in [3.8, 4) is 5.75 Å². The first-order valence-electron chi connectivity index (χ1n) is 8.21. The van der Waals surface area contributed by atoms with Crippen LogP contribution in [0.2, 0.25) is 0 Å². The zero-order valence-electron chi connectivity index (χ0n) is 15.1. The van der Waals surface area contributed by atoms with Crippen LogP contribution in [0, 0.1) is 6.92 Å². The van der Waals surface area contributed by atoms with Gasteiger partial charge in [-0.1, -0.05) is 30.3 Å². The van der Waals surface area contributed by atoms with E-state index in [1.165, 1.54) is 6.20 Å². The number of hydrogen-bond donors (Lipinski definition) is 4. The lowest BCUT2D eigenvalue weighted by Crippen LogP contribution is -2.16. The van der Waals surface area contributed by atoms with E-state index in [0.717, 1.165) is 0 Å². The van der Waals surface area contributed by atoms with Crippen molar-refractivity contribution in [2.24, 2.45) is 5.10 Å². The molecule has 4 N–H and O–H groups in total. The molecule has 3 rings (SSSR count). The number of phosphoric acid groups is 1. The lowest BCUT2D eigenvalue weighted by atomic mass is 9.88. The van der Waals surface area contributed by atoms with Crippen molar-refractivity contribution in [1.82, 2.24) is 10.4 Å². The maximum atomic E-state index is 12.5. The average molecular weight is 403 g/mol. The summed E-state index contributed by atoms with van der Waals surface area (Å²) in [5, 5.41) is 14.7. The fourth-order valence-corrected chi connectivity index (χ4v) is 3.21. The maximum absolute atomic E-state index is 12.5. The highest BCUT2D eigenvalue weighted by atomic mass is 31.2. The van der Waals surface area contributed by atoms with Crippen LogP contribution < -0.4 is 5.43 Å². The molecule has 1 amide bonds. The van der Waals surface area contributed by atoms with Crippen molar-refractivity contribution >= 4 is 25.0 Å². The summed E-state index contributed by atoms with van der Waals surface area (Å²) >= 11 is 0. The number of hydrogen-bond acceptors (Lipinski definition) is 6. The lowest BCUT2D eigenvalue weighted by Gasteiger charge is -2.18. The Morgan fingerprint density at radius 2 is 1.89 bits per heavy atom. The molecule has 146 valence electrons. The van der Waals surface area contributed by atoms with Gasteiger partial charge in [0.25, 0.3) is 5.91 Å². The summed E-state index contributed by atoms with van der Waals surface area (Å²) in [5.74, 6) is -0.669. The van der Waals surface area contributed by atoms with Gasteiger partial charge < -0.3 is 14.9 Å². The number of benzene rings is 1. The molecular formula is C18H18N3O6P. The summed E-state index contributed by atoms with van der Waals surface area (Å²) in [6.07, 6.45) is 1.35. The SMILES string of the molecule is CC1=NNC(=O)C1=C(c1ccccc1)c1c(COP(=O)(O)O)cnc(C)c1O. The minimum atomic E-state index is -4.76. The smallest absolute Gasteiger partial charge is 0.469 e. The minimum Gasteiger partial charge on any atom is -0.505 e. The third kappa shape index (κ3) is 4.02. The zero-order valence-corrected chi connectivity index (χ0v) is 16.0. The Morgan fingerprint density at radius 3 is 2.46 bits per heavy atom. The Bertz CT molecular complexity index is 1040. The topological polar surface area (TPSA) is 141 Å². The number of hydrazone groups is 1. The van der Waals surface area contributed by atoms with Crippen LogP contribution in [0.25, 0.3) is 5.57 Å². The summed E-state index contributed by atoms with van der Waals surface area (Å²) in [7, 11) is -4.76. The number of pyridine rings is 1. The van der Waals surface area contributed by atoms with Crippen molar-refractivity contribution in [2.45, 2.75) is 20.5 Å². The number of aromatic nitrogens is 1. The Morgan fingerprint density at radius 1 is 1.21 bits per heavy atom. The number of carbonyl (C=O) groups is 1. The van der Waals surface area contributed by atoms with E-state index >= 15 is 0 Å². The fraction of sp³-hybridized carbons (Fsp3) is 0.167. The molecule has 2 aromatic rings. The molecule has 0 radical (unpaired) electrons. The van der Waals surface area contributed by atoms with Crippen LogP contribution in [0.1, 0.15) is 29.3 Å². The van der Waals surface area contributed by atoms with Gasteiger partial charge in [-0.05, 0) is 19.4 Å². The van der Waals surface area contributed by atoms with Crippen molar-refractivity contribution in [3.05, 3.63) is 64.5 Å². The molecule has 1 aliphatic heterocycles. The third-order valence-corrected chi connectivity index (χ3v) is 4.64. The molecule has 28 heavy (non-hydrogen) atoms. The molecule has 0 saturated carbocycles. The van der Waals surface area contributed by atoms with Gasteiger partial charge in [0, 0.05) is 22.9 Å². The van der Waals surface area contributed by atoms with Crippen LogP contribution in [0.15, 0.2) is 47.2 Å². The second-order valence-corrected chi connectivity index (χ2v) is 7.35. The van der Waals surface area contributed by atoms with Crippen molar-refractivity contribution < 1.29 is 28.8 Å². The number of aromatic hydroxyl groups is 1. The summed E-state index contributed by atoms with van der Waals surface area (Å²) in [4.78, 5) is 34.6. The number of rotatable bonds is 5. The van der Waals surface area contributed by atoms with E-state index in [0.29, 0.717) is 16.8 Å². The van der Waals surface area contributed by atoms with Gasteiger partial charge in [0.1, 0.15) is 5.75 Å². The van der Waals surface area contributed by atoms with E-state index in [-0.39, 0.29) is 28.1 Å². The monoisotopic (exact) mass is 403 g/mol. The van der Waals surface area contributed by atoms with Gasteiger partial charge in [0.15, 0.2) is 0 Å². The van der Waals surface area contributed by atoms with Crippen molar-refractivity contribution in [1.29, 1.82) is 0 Å². The van der Waals surface area contributed by atoms with E-state index in [4.69, 9.17) is 9.79 Å². The number of nitrogens with one attached hydrogen (secondary N) is 1. The molecule has 2 heterocycles. The Labute approximate surface area is 160 Å². The van der Waals surface area contributed by atoms with E-state index in [9.17, 15) is 14.5 Å². The Kier molecular flexibility index (Phi) is 5.44. The quantitative estimate of drug-likeness (QED) is 0.442. The minimum absolute atomic E-state index is 0.203. The first-order valence-corrected chi connectivity index (χ1v) is 9.74. The molecule has 0 aliphatic carbocycles. The largest absolute Gasteiger partial charge is 0.505 e. The molecule has 10 heteroatoms. The van der Waals surface area contributed by atoms with Gasteiger partial charge in [-0.15, -0.1) is 0 Å². The first-order chi connectivity index (χ1) is 13.2. The van der Waals surface area contributed by atoms with Gasteiger partial charge in [0.05, 0.1) is 23.6 Å². The van der Waals surface area contributed by atoms with E-state index in [1.54, 1.807) is 44.2 Å². The summed E-state index contributed by atoms with van der Waals surface area (Å²) < 4.78 is 15.8. The van der Waals surface area contributed by atoms with Crippen molar-refractivity contribution in [2.75, 3.05) is 0 Å². The molecule has 0 unspecified atom stereocenters. The highest BCUT2D eigenvalue weighted by Gasteiger charge is 2.29. The Hall–Kier alpha value is -2.84. The van der Waals surface area contributed by atoms with Crippen LogP contribution in [-0.4, -0.2) is 31.5 Å². The molecule has 1 aliphatic rings. The molecular weight excluding hydrogens is 385 g/mol. The molecule has 9 nitrogen and oxygen atoms in total. The highest BCUT2D eigenvalue weighted by Crippen LogP contribution is 2.41. The van der Waals surface area contributed by atoms with Gasteiger partial charge in [-0.25, -0.2) is 9.99 Å². The van der Waals surface area contributed by atoms with Crippen LogP contribution >= 0.6 is 7.82 Å². The second-order valence-electron chi connectivity index (χ2n) is 6.11. The molecule has 0 spiro atoms. The number of carbonyl (C=O) groups excluding carboxylic acids is 1. The third-order valence-electron chi connectivity index (χ3n) is 4.18. The summed E-state index contributed by atoms with van der Waals surface area (Å²) in [6, 6.07) is 8.85. The van der Waals surface area contributed by atoms with Gasteiger partial charge >= 0.3 is 7.82 Å². The molecule has 0 fully saturated rings. The van der Waals surface area contributed by atoms with Crippen LogP contribution in [0.3, 0.4) is 0 Å². The predicted octanol–water partition coefficient (Wildman–Crippen LogP) is 2.01. The molecule has 0 saturated heterocycles. The van der Waals surface area contributed by atoms with Crippen LogP contribution in [0.4, 0.5) is 0 Å². The fourth-order valence-electron chi connectivity index (χ4n) is 2.90. The van der Waals surface area contributed by atoms with Gasteiger partial charge in [-0.2, -0.15) is 5.10 Å². The van der Waals surface area contributed by atoms with Crippen LogP contribution in [0.5, 0.6) is 5.75 Å². The number of amides is 1. The van der Waals surface area contributed by atoms with E-state index in [2.05, 4.69) is 20.0 Å². The van der Waals surface area contributed by atoms with E-state index in [1.807, 2.05) is 0 Å². The molecule has 1 aromatic heterocycles. The number of nitrogens with zero attached hydrogens (tertiary/aromatic N) is 2. The number of aryl methyl sites for hydroxylation is 1. The highest BCUT2D eigenvalue weighted by molar-refractivity contribution is 7.46. The second kappa shape index (κ2) is 7.65. The van der Waals surface area contributed by atoms with E-state index < -0.39 is 20.3 Å². The normalized spacial score (nSPS) is 16.0. The summed E-state index contributed by atoms with van der Waals surface area (Å²) in [5.41, 5.74) is 4.73. The molecule has 0 bridgehead atoms. The standard InChI is InChI=1S/C18H18N3O6P/c1-10-14(18(23)21-20-10)15(12-6-4-3-5-7-12)16-13(9-27-28(24,25)26)8-19-11(2)17(16)22/h3-8,22H,9H2,1-2H3,(H,21,23)(H2,24,25,26). The average Bonchev–Trinajstić information content (AvgIpc) is 2.97. The Balaban J connectivity index is 2.31. The first kappa shape index (κ1) is 19.9. The zero-order chi connectivity index (χ0) is 20.5. The lowest BCUT2D eigenvalue weighted by molar-refractivity contribution is -0.116.